The summed E-state index contributed by atoms with van der Waals surface area (Å²) in [4.78, 5) is 2.32. The quantitative estimate of drug-likeness (QED) is 0.842. The first-order chi connectivity index (χ1) is 11.9. The van der Waals surface area contributed by atoms with Gasteiger partial charge in [-0.25, -0.2) is 0 Å². The molecule has 0 amide bonds. The first-order valence-electron chi connectivity index (χ1n) is 9.14. The van der Waals surface area contributed by atoms with Crippen LogP contribution in [0.2, 0.25) is 0 Å². The molecule has 1 aromatic rings. The molecule has 2 aliphatic heterocycles. The molecule has 4 nitrogen and oxygen atoms in total. The lowest BCUT2D eigenvalue weighted by Gasteiger charge is -2.61. The van der Waals surface area contributed by atoms with Crippen LogP contribution in [0.15, 0.2) is 36.3 Å². The summed E-state index contributed by atoms with van der Waals surface area (Å²) in [5.74, 6) is 2.43. The van der Waals surface area contributed by atoms with Crippen LogP contribution in [0.1, 0.15) is 36.5 Å². The van der Waals surface area contributed by atoms with Crippen molar-refractivity contribution in [2.24, 2.45) is 0 Å². The summed E-state index contributed by atoms with van der Waals surface area (Å²) in [7, 11) is 2.13. The van der Waals surface area contributed by atoms with E-state index >= 15 is 0 Å². The molecular formula is C21H25NO3. The minimum atomic E-state index is -0.821. The fourth-order valence-electron chi connectivity index (χ4n) is 5.79. The van der Waals surface area contributed by atoms with E-state index < -0.39 is 11.0 Å². The van der Waals surface area contributed by atoms with E-state index in [2.05, 4.69) is 37.6 Å². The Morgan fingerprint density at radius 2 is 2.24 bits per heavy atom. The third-order valence-electron chi connectivity index (χ3n) is 6.86. The molecule has 25 heavy (non-hydrogen) atoms. The van der Waals surface area contributed by atoms with Crippen LogP contribution in [0.5, 0.6) is 5.75 Å². The third-order valence-corrected chi connectivity index (χ3v) is 6.86. The topological polar surface area (TPSA) is 41.9 Å². The van der Waals surface area contributed by atoms with Crippen molar-refractivity contribution < 1.29 is 14.6 Å². The molecule has 0 aromatic heterocycles. The molecule has 2 bridgehead atoms. The standard InChI is InChI=1S/C21H25NO3/c1-12(2)24-15-7-8-21(23)16-11-14-6-5-13(3)18-17(14)20(21,19(15)25-18)9-10-22(16)4/h5-7,16,19,23H,1,8-11H2,2-4H3. The SMILES string of the molecule is C=C(C)OC1=CCC2(O)C3Cc4ccc(C)c5c4C2(CCN3C)C1O5. The van der Waals surface area contributed by atoms with Crippen LogP contribution >= 0.6 is 0 Å². The fourth-order valence-corrected chi connectivity index (χ4v) is 5.79. The van der Waals surface area contributed by atoms with Crippen LogP contribution in [0.25, 0.3) is 0 Å². The zero-order valence-corrected chi connectivity index (χ0v) is 15.1. The lowest BCUT2D eigenvalue weighted by molar-refractivity contribution is -0.163. The van der Waals surface area contributed by atoms with Crippen LogP contribution in [0, 0.1) is 6.92 Å². The number of benzene rings is 1. The number of likely N-dealkylation sites (tertiary alicyclic amines) is 1. The second-order valence-electron chi connectivity index (χ2n) is 8.20. The Kier molecular flexibility index (Phi) is 2.90. The zero-order chi connectivity index (χ0) is 17.6. The summed E-state index contributed by atoms with van der Waals surface area (Å²) < 4.78 is 12.5. The van der Waals surface area contributed by atoms with Crippen LogP contribution in [0.3, 0.4) is 0 Å². The van der Waals surface area contributed by atoms with E-state index in [-0.39, 0.29) is 12.1 Å². The number of aryl methyl sites for hydroxylation is 1. The van der Waals surface area contributed by atoms with Gasteiger partial charge in [-0.1, -0.05) is 18.7 Å². The summed E-state index contributed by atoms with van der Waals surface area (Å²) in [5, 5.41) is 12.0. The highest BCUT2D eigenvalue weighted by atomic mass is 16.5. The van der Waals surface area contributed by atoms with Crippen molar-refractivity contribution in [2.75, 3.05) is 13.6 Å². The molecule has 1 fully saturated rings. The molecule has 4 aliphatic rings. The van der Waals surface area contributed by atoms with Crippen molar-refractivity contribution in [1.29, 1.82) is 0 Å². The van der Waals surface area contributed by atoms with Crippen LogP contribution in [0.4, 0.5) is 0 Å². The second-order valence-corrected chi connectivity index (χ2v) is 8.20. The molecule has 0 radical (unpaired) electrons. The smallest absolute Gasteiger partial charge is 0.168 e. The highest BCUT2D eigenvalue weighted by Gasteiger charge is 2.71. The maximum Gasteiger partial charge on any atom is 0.168 e. The van der Waals surface area contributed by atoms with Crippen molar-refractivity contribution >= 4 is 0 Å². The fraction of sp³-hybridized carbons (Fsp3) is 0.524. The second kappa shape index (κ2) is 4.68. The molecule has 4 heteroatoms. The van der Waals surface area contributed by atoms with Gasteiger partial charge in [0.15, 0.2) is 6.10 Å². The Labute approximate surface area is 148 Å². The van der Waals surface area contributed by atoms with E-state index in [0.29, 0.717) is 12.2 Å². The lowest BCUT2D eigenvalue weighted by atomic mass is 9.50. The molecule has 4 unspecified atom stereocenters. The molecule has 1 saturated heterocycles. The predicted molar refractivity (Wildman–Crippen MR) is 95.6 cm³/mol. The van der Waals surface area contributed by atoms with Crippen molar-refractivity contribution in [3.8, 4) is 5.75 Å². The van der Waals surface area contributed by atoms with Crippen LogP contribution in [-0.2, 0) is 16.6 Å². The summed E-state index contributed by atoms with van der Waals surface area (Å²) in [5.41, 5.74) is 2.45. The minimum absolute atomic E-state index is 0.108. The summed E-state index contributed by atoms with van der Waals surface area (Å²) >= 11 is 0. The minimum Gasteiger partial charge on any atom is -0.481 e. The number of ether oxygens (including phenoxy) is 2. The third kappa shape index (κ3) is 1.65. The normalized spacial score (nSPS) is 37.8. The first kappa shape index (κ1) is 15.5. The van der Waals surface area contributed by atoms with E-state index in [1.165, 1.54) is 11.1 Å². The van der Waals surface area contributed by atoms with Gasteiger partial charge in [-0.05, 0) is 57.5 Å². The average Bonchev–Trinajstić information content (AvgIpc) is 2.91. The molecule has 2 heterocycles. The highest BCUT2D eigenvalue weighted by Crippen LogP contribution is 2.64. The monoisotopic (exact) mass is 339 g/mol. The van der Waals surface area contributed by atoms with Crippen molar-refractivity contribution in [2.45, 2.75) is 56.3 Å². The van der Waals surface area contributed by atoms with Gasteiger partial charge in [-0.15, -0.1) is 0 Å². The predicted octanol–water partition coefficient (Wildman–Crippen LogP) is 2.82. The molecule has 2 aliphatic carbocycles. The molecule has 4 atom stereocenters. The largest absolute Gasteiger partial charge is 0.481 e. The molecule has 5 rings (SSSR count). The van der Waals surface area contributed by atoms with Gasteiger partial charge in [-0.2, -0.15) is 0 Å². The maximum atomic E-state index is 12.0. The number of allylic oxidation sites excluding steroid dienone is 1. The Morgan fingerprint density at radius 1 is 1.44 bits per heavy atom. The van der Waals surface area contributed by atoms with Gasteiger partial charge in [0, 0.05) is 18.0 Å². The van der Waals surface area contributed by atoms with Gasteiger partial charge in [0.1, 0.15) is 11.5 Å². The number of piperidine rings is 1. The van der Waals surface area contributed by atoms with Crippen LogP contribution < -0.4 is 4.74 Å². The van der Waals surface area contributed by atoms with E-state index in [9.17, 15) is 5.11 Å². The zero-order valence-electron chi connectivity index (χ0n) is 15.1. The van der Waals surface area contributed by atoms with Gasteiger partial charge in [0.2, 0.25) is 0 Å². The van der Waals surface area contributed by atoms with E-state index in [1.54, 1.807) is 0 Å². The number of nitrogens with zero attached hydrogens (tertiary/aromatic N) is 1. The highest BCUT2D eigenvalue weighted by molar-refractivity contribution is 5.61. The molecule has 1 N–H and O–H groups in total. The number of hydrogen-bond donors (Lipinski definition) is 1. The average molecular weight is 339 g/mol. The molecule has 1 aromatic carbocycles. The number of rotatable bonds is 2. The first-order valence-corrected chi connectivity index (χ1v) is 9.14. The van der Waals surface area contributed by atoms with Crippen molar-refractivity contribution in [1.82, 2.24) is 4.90 Å². The van der Waals surface area contributed by atoms with Gasteiger partial charge >= 0.3 is 0 Å². The van der Waals surface area contributed by atoms with Gasteiger partial charge in [0.25, 0.3) is 0 Å². The molecule has 132 valence electrons. The Hall–Kier alpha value is -1.78. The molecule has 0 saturated carbocycles. The van der Waals surface area contributed by atoms with Crippen molar-refractivity contribution in [3.63, 3.8) is 0 Å². The summed E-state index contributed by atoms with van der Waals surface area (Å²) in [6.07, 6.45) is 4.10. The maximum absolute atomic E-state index is 12.0. The van der Waals surface area contributed by atoms with E-state index in [0.717, 1.165) is 36.5 Å². The summed E-state index contributed by atoms with van der Waals surface area (Å²) in [6, 6.07) is 4.48. The van der Waals surface area contributed by atoms with E-state index in [4.69, 9.17) is 9.47 Å². The number of likely N-dealkylation sites (N-methyl/N-ethyl adjacent to an activating group) is 1. The Bertz CT molecular complexity index is 829. The summed E-state index contributed by atoms with van der Waals surface area (Å²) in [6.45, 7) is 8.80. The number of hydrogen-bond acceptors (Lipinski definition) is 4. The number of aliphatic hydroxyl groups is 1. The van der Waals surface area contributed by atoms with Gasteiger partial charge in [0.05, 0.1) is 16.8 Å². The van der Waals surface area contributed by atoms with Crippen molar-refractivity contribution in [3.05, 3.63) is 53.0 Å². The Morgan fingerprint density at radius 3 is 3.00 bits per heavy atom. The molecular weight excluding hydrogens is 314 g/mol. The van der Waals surface area contributed by atoms with Gasteiger partial charge < -0.3 is 19.5 Å². The Balaban J connectivity index is 1.80. The molecule has 1 spiro atoms. The lowest BCUT2D eigenvalue weighted by Crippen LogP contribution is -2.74. The van der Waals surface area contributed by atoms with E-state index in [1.807, 2.05) is 13.0 Å². The van der Waals surface area contributed by atoms with Gasteiger partial charge in [-0.3, -0.25) is 0 Å². The van der Waals surface area contributed by atoms with Crippen LogP contribution in [-0.4, -0.2) is 41.3 Å².